The maximum atomic E-state index is 15.1. The number of alkyl halides is 6. The number of aliphatic carboxylic acids is 1. The number of hydrogen-bond donors (Lipinski definition) is 1. The lowest BCUT2D eigenvalue weighted by Crippen LogP contribution is -2.68. The van der Waals surface area contributed by atoms with Crippen molar-refractivity contribution < 1.29 is 55.3 Å². The van der Waals surface area contributed by atoms with E-state index in [1.165, 1.54) is 4.90 Å². The molecule has 3 aromatic rings. The van der Waals surface area contributed by atoms with Gasteiger partial charge >= 0.3 is 18.3 Å². The van der Waals surface area contributed by atoms with E-state index in [-0.39, 0.29) is 64.1 Å². The van der Waals surface area contributed by atoms with Gasteiger partial charge in [-0.05, 0) is 69.6 Å². The van der Waals surface area contributed by atoms with Crippen LogP contribution in [0, 0.1) is 16.7 Å². The number of carbonyl (C=O) groups is 3. The largest absolute Gasteiger partial charge is 0.493 e. The smallest absolute Gasteiger partial charge is 0.425 e. The molecule has 318 valence electrons. The fourth-order valence-corrected chi connectivity index (χ4v) is 9.76. The standard InChI is InChI=1S/C42H46F6N4O6S/c1-2-10-32-40(58-28-25-33(59-26-28)42(46,47)48,17-8-21-52(32)35(53)34-30(41(43,44)45)12-7-20-50-34)36(54)51-22-18-39(27-49,19-23-51)29-11-3-4-13-31(29)57-24-9-16-38(37(55)56)14-5-6-15-38/h3-4,7,11-13,20,25-26,32H,2,5-6,8-10,14-19,21-24H2,1H3,(H,55,56)/t32-,40+/m1/s1. The number of hydrogen-bond acceptors (Lipinski definition) is 8. The molecule has 0 spiro atoms. The summed E-state index contributed by atoms with van der Waals surface area (Å²) in [6.07, 6.45) is -3.94. The van der Waals surface area contributed by atoms with Gasteiger partial charge in [0.2, 0.25) is 5.60 Å². The normalized spacial score (nSPS) is 21.8. The highest BCUT2D eigenvalue weighted by Gasteiger charge is 2.57. The van der Waals surface area contributed by atoms with Crippen LogP contribution in [0.5, 0.6) is 11.5 Å². The van der Waals surface area contributed by atoms with Crippen molar-refractivity contribution in [2.75, 3.05) is 26.2 Å². The van der Waals surface area contributed by atoms with Crippen LogP contribution in [0.15, 0.2) is 54.0 Å². The third-order valence-corrected chi connectivity index (χ3v) is 13.1. The lowest BCUT2D eigenvalue weighted by Gasteiger charge is -2.51. The summed E-state index contributed by atoms with van der Waals surface area (Å²) in [6.45, 7) is 1.94. The molecule has 6 rings (SSSR count). The highest BCUT2D eigenvalue weighted by molar-refractivity contribution is 7.10. The van der Waals surface area contributed by atoms with E-state index >= 15 is 4.79 Å². The van der Waals surface area contributed by atoms with Crippen LogP contribution in [0.2, 0.25) is 0 Å². The molecule has 1 N–H and O–H groups in total. The van der Waals surface area contributed by atoms with Crippen LogP contribution in [0.3, 0.4) is 0 Å². The fraction of sp³-hybridized carbons (Fsp3) is 0.548. The highest BCUT2D eigenvalue weighted by atomic mass is 32.1. The number of amides is 2. The van der Waals surface area contributed by atoms with Crippen molar-refractivity contribution in [1.82, 2.24) is 14.8 Å². The molecular weight excluding hydrogens is 803 g/mol. The Morgan fingerprint density at radius 1 is 0.966 bits per heavy atom. The third-order valence-electron chi connectivity index (χ3n) is 12.1. The average molecular weight is 849 g/mol. The number of piperidine rings is 2. The van der Waals surface area contributed by atoms with E-state index in [4.69, 9.17) is 9.47 Å². The first-order chi connectivity index (χ1) is 28.0. The fourth-order valence-electron chi connectivity index (χ4n) is 9.08. The second-order valence-corrected chi connectivity index (χ2v) is 16.6. The van der Waals surface area contributed by atoms with Gasteiger partial charge in [0.1, 0.15) is 22.1 Å². The van der Waals surface area contributed by atoms with Crippen LogP contribution in [0.25, 0.3) is 0 Å². The number of carboxylic acids is 1. The molecule has 4 heterocycles. The van der Waals surface area contributed by atoms with Crippen molar-refractivity contribution in [1.29, 1.82) is 5.26 Å². The number of halogens is 6. The van der Waals surface area contributed by atoms with Crippen LogP contribution in [0.1, 0.15) is 110 Å². The Labute approximate surface area is 342 Å². The Balaban J connectivity index is 1.28. The lowest BCUT2D eigenvalue weighted by atomic mass is 9.72. The van der Waals surface area contributed by atoms with Crippen LogP contribution in [-0.4, -0.2) is 75.6 Å². The zero-order valence-electron chi connectivity index (χ0n) is 32.5. The average Bonchev–Trinajstić information content (AvgIpc) is 3.91. The quantitative estimate of drug-likeness (QED) is 0.133. The van der Waals surface area contributed by atoms with Crippen molar-refractivity contribution in [2.45, 2.75) is 113 Å². The number of benzene rings is 1. The van der Waals surface area contributed by atoms with Crippen molar-refractivity contribution in [3.63, 3.8) is 0 Å². The predicted molar refractivity (Wildman–Crippen MR) is 204 cm³/mol. The minimum atomic E-state index is -4.92. The first-order valence-corrected chi connectivity index (χ1v) is 20.7. The third kappa shape index (κ3) is 8.88. The molecule has 0 bridgehead atoms. The number of thiophene rings is 1. The molecule has 1 saturated carbocycles. The van der Waals surface area contributed by atoms with Gasteiger partial charge < -0.3 is 24.4 Å². The number of nitrogens with zero attached hydrogens (tertiary/aromatic N) is 4. The van der Waals surface area contributed by atoms with Gasteiger partial charge in [0.05, 0.1) is 35.1 Å². The topological polar surface area (TPSA) is 133 Å². The molecule has 2 saturated heterocycles. The van der Waals surface area contributed by atoms with Crippen LogP contribution in [-0.2, 0) is 27.4 Å². The van der Waals surface area contributed by atoms with Crippen LogP contribution >= 0.6 is 11.3 Å². The maximum absolute atomic E-state index is 15.1. The number of aromatic nitrogens is 1. The summed E-state index contributed by atoms with van der Waals surface area (Å²) in [6, 6.07) is 10.9. The van der Waals surface area contributed by atoms with Crippen molar-refractivity contribution in [3.8, 4) is 17.6 Å². The lowest BCUT2D eigenvalue weighted by molar-refractivity contribution is -0.160. The van der Waals surface area contributed by atoms with Gasteiger partial charge in [-0.15, -0.1) is 11.3 Å². The van der Waals surface area contributed by atoms with Gasteiger partial charge in [0.25, 0.3) is 11.8 Å². The molecule has 0 radical (unpaired) electrons. The van der Waals surface area contributed by atoms with E-state index in [2.05, 4.69) is 11.1 Å². The minimum Gasteiger partial charge on any atom is -0.493 e. The van der Waals surface area contributed by atoms with Crippen LogP contribution < -0.4 is 9.47 Å². The van der Waals surface area contributed by atoms with Crippen molar-refractivity contribution in [3.05, 3.63) is 75.7 Å². The van der Waals surface area contributed by atoms with E-state index in [9.17, 15) is 46.3 Å². The number of carbonyl (C=O) groups excluding carboxylic acids is 2. The van der Waals surface area contributed by atoms with Gasteiger partial charge in [0.15, 0.2) is 0 Å². The Kier molecular flexibility index (Phi) is 12.9. The van der Waals surface area contributed by atoms with Crippen LogP contribution in [0.4, 0.5) is 26.3 Å². The number of pyridine rings is 1. The molecule has 1 aromatic carbocycles. The number of nitriles is 1. The summed E-state index contributed by atoms with van der Waals surface area (Å²) < 4.78 is 96.1. The maximum Gasteiger partial charge on any atom is 0.425 e. The van der Waals surface area contributed by atoms with E-state index in [1.54, 1.807) is 31.2 Å². The molecular formula is C42H46F6N4O6S. The van der Waals surface area contributed by atoms with Gasteiger partial charge in [-0.1, -0.05) is 44.4 Å². The SMILES string of the molecule is CCC[C@H]1N(C(=O)c2ncccc2C(F)(F)F)CCC[C@@]1(Oc1csc(C(F)(F)F)c1)C(=O)N1CCC(C#N)(c2ccccc2OCCCC2(C(=O)O)CCCC2)CC1. The summed E-state index contributed by atoms with van der Waals surface area (Å²) in [7, 11) is 0. The van der Waals surface area contributed by atoms with E-state index in [0.29, 0.717) is 54.8 Å². The van der Waals surface area contributed by atoms with E-state index < -0.39 is 68.7 Å². The van der Waals surface area contributed by atoms with Gasteiger partial charge in [0, 0.05) is 49.3 Å². The predicted octanol–water partition coefficient (Wildman–Crippen LogP) is 9.29. The van der Waals surface area contributed by atoms with Gasteiger partial charge in [-0.25, -0.2) is 0 Å². The second kappa shape index (κ2) is 17.4. The molecule has 10 nitrogen and oxygen atoms in total. The Bertz CT molecular complexity index is 2040. The number of ether oxygens (including phenoxy) is 2. The highest BCUT2D eigenvalue weighted by Crippen LogP contribution is 2.46. The van der Waals surface area contributed by atoms with Gasteiger partial charge in [-0.2, -0.15) is 31.6 Å². The Hall–Kier alpha value is -4.85. The summed E-state index contributed by atoms with van der Waals surface area (Å²) in [5.41, 5.74) is -5.40. The Morgan fingerprint density at radius 3 is 2.31 bits per heavy atom. The molecule has 2 aliphatic heterocycles. The van der Waals surface area contributed by atoms with Gasteiger partial charge in [-0.3, -0.25) is 19.4 Å². The number of rotatable bonds is 13. The molecule has 59 heavy (non-hydrogen) atoms. The first-order valence-electron chi connectivity index (χ1n) is 19.8. The zero-order chi connectivity index (χ0) is 42.6. The number of likely N-dealkylation sites (tertiary alicyclic amines) is 2. The molecule has 2 amide bonds. The summed E-state index contributed by atoms with van der Waals surface area (Å²) in [4.78, 5) is 46.6. The monoisotopic (exact) mass is 848 g/mol. The zero-order valence-corrected chi connectivity index (χ0v) is 33.4. The van der Waals surface area contributed by atoms with E-state index in [0.717, 1.165) is 47.5 Å². The molecule has 0 unspecified atom stereocenters. The first kappa shape index (κ1) is 43.7. The van der Waals surface area contributed by atoms with Crippen molar-refractivity contribution in [2.24, 2.45) is 5.41 Å². The molecule has 17 heteroatoms. The summed E-state index contributed by atoms with van der Waals surface area (Å²) in [5, 5.41) is 21.7. The minimum absolute atomic E-state index is 0.00958. The molecule has 2 aromatic heterocycles. The molecule has 1 aliphatic carbocycles. The molecule has 3 aliphatic rings. The Morgan fingerprint density at radius 2 is 1.68 bits per heavy atom. The summed E-state index contributed by atoms with van der Waals surface area (Å²) in [5.74, 6) is -2.35. The number of para-hydroxylation sites is 1. The van der Waals surface area contributed by atoms with E-state index in [1.807, 2.05) is 0 Å². The van der Waals surface area contributed by atoms with Crippen molar-refractivity contribution >= 4 is 29.1 Å². The second-order valence-electron chi connectivity index (χ2n) is 15.7. The summed E-state index contributed by atoms with van der Waals surface area (Å²) >= 11 is 0.366. The molecule has 3 fully saturated rings. The molecule has 2 atom stereocenters. The number of carboxylic acid groups (broad SMARTS) is 1.